The Morgan fingerprint density at radius 1 is 0.633 bits per heavy atom. The van der Waals surface area contributed by atoms with Crippen molar-refractivity contribution < 1.29 is 0 Å². The molecule has 30 heavy (non-hydrogen) atoms. The molecule has 0 nitrogen and oxygen atoms in total. The summed E-state index contributed by atoms with van der Waals surface area (Å²) in [4.78, 5) is 0. The maximum absolute atomic E-state index is 2.81. The van der Waals surface area contributed by atoms with E-state index < -0.39 is 0 Å². The Morgan fingerprint density at radius 3 is 2.00 bits per heavy atom. The highest BCUT2D eigenvalue weighted by molar-refractivity contribution is 5.18. The molecule has 0 N–H and O–H groups in total. The van der Waals surface area contributed by atoms with Gasteiger partial charge in [0.2, 0.25) is 0 Å². The number of hydrogen-bond acceptors (Lipinski definition) is 0. The molecule has 5 aliphatic carbocycles. The van der Waals surface area contributed by atoms with E-state index in [0.717, 1.165) is 47.3 Å². The summed E-state index contributed by atoms with van der Waals surface area (Å²) in [7, 11) is 0. The van der Waals surface area contributed by atoms with Crippen molar-refractivity contribution in [2.24, 2.45) is 69.0 Å². The van der Waals surface area contributed by atoms with Crippen molar-refractivity contribution in [2.45, 2.75) is 120 Å². The van der Waals surface area contributed by atoms with Gasteiger partial charge >= 0.3 is 0 Å². The number of hydrogen-bond donors (Lipinski definition) is 0. The number of rotatable bonds is 2. The van der Waals surface area contributed by atoms with E-state index in [9.17, 15) is 0 Å². The topological polar surface area (TPSA) is 0 Å². The van der Waals surface area contributed by atoms with Gasteiger partial charge in [-0.1, -0.05) is 55.4 Å². The second kappa shape index (κ2) is 6.76. The minimum Gasteiger partial charge on any atom is -0.0625 e. The molecule has 0 aromatic heterocycles. The van der Waals surface area contributed by atoms with E-state index in [1.165, 1.54) is 51.4 Å². The van der Waals surface area contributed by atoms with Gasteiger partial charge in [0.05, 0.1) is 0 Å². The van der Waals surface area contributed by atoms with Gasteiger partial charge in [-0.2, -0.15) is 0 Å². The van der Waals surface area contributed by atoms with Crippen LogP contribution < -0.4 is 0 Å². The fraction of sp³-hybridized carbons (Fsp3) is 1.00. The van der Waals surface area contributed by atoms with E-state index in [4.69, 9.17) is 0 Å². The van der Waals surface area contributed by atoms with Crippen LogP contribution in [0.15, 0.2) is 0 Å². The van der Waals surface area contributed by atoms with Gasteiger partial charge in [-0.25, -0.2) is 0 Å². The third-order valence-corrected chi connectivity index (χ3v) is 13.5. The molecule has 0 radical (unpaired) electrons. The van der Waals surface area contributed by atoms with Crippen LogP contribution in [0.1, 0.15) is 120 Å². The molecule has 0 heterocycles. The van der Waals surface area contributed by atoms with Gasteiger partial charge in [0.1, 0.15) is 0 Å². The maximum atomic E-state index is 2.81. The van der Waals surface area contributed by atoms with E-state index in [1.54, 1.807) is 12.8 Å². The van der Waals surface area contributed by atoms with Crippen molar-refractivity contribution in [2.75, 3.05) is 0 Å². The van der Waals surface area contributed by atoms with Gasteiger partial charge in [0.25, 0.3) is 0 Å². The zero-order valence-corrected chi connectivity index (χ0v) is 21.7. The van der Waals surface area contributed by atoms with Gasteiger partial charge in [-0.15, -0.1) is 0 Å². The van der Waals surface area contributed by atoms with Crippen molar-refractivity contribution in [1.29, 1.82) is 0 Å². The molecule has 0 aromatic carbocycles. The van der Waals surface area contributed by atoms with Gasteiger partial charge in [-0.05, 0) is 133 Å². The van der Waals surface area contributed by atoms with Crippen LogP contribution in [0, 0.1) is 69.0 Å². The Kier molecular flexibility index (Phi) is 4.92. The second-order valence-electron chi connectivity index (χ2n) is 14.8. The maximum Gasteiger partial charge on any atom is -0.0235 e. The average molecular weight is 413 g/mol. The molecular weight excluding hydrogens is 360 g/mol. The van der Waals surface area contributed by atoms with Crippen LogP contribution in [-0.2, 0) is 0 Å². The molecule has 5 rings (SSSR count). The molecule has 10 atom stereocenters. The van der Waals surface area contributed by atoms with Crippen molar-refractivity contribution in [3.63, 3.8) is 0 Å². The zero-order chi connectivity index (χ0) is 21.7. The minimum absolute atomic E-state index is 0.588. The Labute approximate surface area is 188 Å². The van der Waals surface area contributed by atoms with Crippen molar-refractivity contribution in [1.82, 2.24) is 0 Å². The Balaban J connectivity index is 1.50. The third kappa shape index (κ3) is 2.58. The van der Waals surface area contributed by atoms with Gasteiger partial charge < -0.3 is 0 Å². The highest BCUT2D eigenvalue weighted by Gasteiger charge is 2.69. The van der Waals surface area contributed by atoms with Crippen LogP contribution in [0.3, 0.4) is 0 Å². The molecule has 0 spiro atoms. The summed E-state index contributed by atoms with van der Waals surface area (Å²) >= 11 is 0. The highest BCUT2D eigenvalue weighted by atomic mass is 14.7. The van der Waals surface area contributed by atoms with Crippen LogP contribution in [0.25, 0.3) is 0 Å². The lowest BCUT2D eigenvalue weighted by atomic mass is 9.35. The molecule has 0 amide bonds. The summed E-state index contributed by atoms with van der Waals surface area (Å²) in [6.45, 7) is 21.1. The monoisotopic (exact) mass is 412 g/mol. The highest BCUT2D eigenvalue weighted by Crippen LogP contribution is 2.77. The zero-order valence-electron chi connectivity index (χ0n) is 21.7. The molecule has 5 fully saturated rings. The summed E-state index contributed by atoms with van der Waals surface area (Å²) in [6, 6.07) is 0. The molecule has 0 aliphatic heterocycles. The molecule has 0 aromatic rings. The van der Waals surface area contributed by atoms with Crippen molar-refractivity contribution in [3.8, 4) is 0 Å². The largest absolute Gasteiger partial charge is 0.0625 e. The van der Waals surface area contributed by atoms with E-state index >= 15 is 0 Å². The summed E-state index contributed by atoms with van der Waals surface area (Å²) < 4.78 is 0. The molecule has 0 bridgehead atoms. The summed E-state index contributed by atoms with van der Waals surface area (Å²) in [6.07, 6.45) is 15.3. The van der Waals surface area contributed by atoms with Crippen LogP contribution in [-0.4, -0.2) is 0 Å². The van der Waals surface area contributed by atoms with Gasteiger partial charge in [0.15, 0.2) is 0 Å². The van der Waals surface area contributed by atoms with Crippen molar-refractivity contribution in [3.05, 3.63) is 0 Å². The Morgan fingerprint density at radius 2 is 1.33 bits per heavy atom. The normalized spacial score (nSPS) is 57.8. The first kappa shape index (κ1) is 21.8. The molecule has 0 saturated heterocycles. The first-order valence-corrected chi connectivity index (χ1v) is 14.0. The molecular formula is C30H52. The molecule has 0 unspecified atom stereocenters. The predicted molar refractivity (Wildman–Crippen MR) is 129 cm³/mol. The van der Waals surface area contributed by atoms with E-state index in [0.29, 0.717) is 21.7 Å². The van der Waals surface area contributed by atoms with E-state index in [1.807, 2.05) is 0 Å². The molecule has 5 saturated carbocycles. The second-order valence-corrected chi connectivity index (χ2v) is 14.8. The Hall–Kier alpha value is 0. The van der Waals surface area contributed by atoms with Crippen LogP contribution in [0.4, 0.5) is 0 Å². The fourth-order valence-electron chi connectivity index (χ4n) is 11.9. The van der Waals surface area contributed by atoms with Gasteiger partial charge in [-0.3, -0.25) is 0 Å². The summed E-state index contributed by atoms with van der Waals surface area (Å²) in [5, 5.41) is 0. The average Bonchev–Trinajstić information content (AvgIpc) is 3.21. The SMILES string of the molecule is CC(C)[C@H]1CC[C@@H]2[C@]1(C)CC[C@]1(C)[C@H]3CC[C@@]4(C)CC[C@@H](C(C)C)[C@@H]4[C@H]3CC[C@@]21C. The number of fused-ring (bicyclic) bond motifs is 7. The fourth-order valence-corrected chi connectivity index (χ4v) is 11.9. The van der Waals surface area contributed by atoms with Crippen LogP contribution in [0.5, 0.6) is 0 Å². The van der Waals surface area contributed by atoms with E-state index in [-0.39, 0.29) is 0 Å². The van der Waals surface area contributed by atoms with Gasteiger partial charge in [0, 0.05) is 0 Å². The quantitative estimate of drug-likeness (QED) is 0.424. The first-order valence-electron chi connectivity index (χ1n) is 14.0. The molecule has 172 valence electrons. The smallest absolute Gasteiger partial charge is 0.0235 e. The van der Waals surface area contributed by atoms with E-state index in [2.05, 4.69) is 55.4 Å². The standard InChI is InChI=1S/C30H52/c1-19(2)21-11-14-27(5)15-13-24-22(26(21)27)12-16-30(8)25-10-9-23(20(3)4)28(25,6)17-18-29(24,30)7/h19-26H,9-18H2,1-8H3/t21-,22-,23+,24-,25+,26+,27+,28+,29+,30-/m0/s1. The molecule has 0 heteroatoms. The predicted octanol–water partition coefficient (Wildman–Crippen LogP) is 8.99. The summed E-state index contributed by atoms with van der Waals surface area (Å²) in [5.74, 6) is 7.77. The first-order chi connectivity index (χ1) is 14.0. The summed E-state index contributed by atoms with van der Waals surface area (Å²) in [5.41, 5.74) is 2.47. The van der Waals surface area contributed by atoms with Crippen LogP contribution >= 0.6 is 0 Å². The molecule has 5 aliphatic rings. The lowest BCUT2D eigenvalue weighted by Gasteiger charge is -2.69. The van der Waals surface area contributed by atoms with Crippen molar-refractivity contribution >= 4 is 0 Å². The third-order valence-electron chi connectivity index (χ3n) is 13.5. The lowest BCUT2D eigenvalue weighted by molar-refractivity contribution is -0.207. The lowest BCUT2D eigenvalue weighted by Crippen LogP contribution is -2.62. The minimum atomic E-state index is 0.588. The Bertz CT molecular complexity index is 676. The van der Waals surface area contributed by atoms with Crippen LogP contribution in [0.2, 0.25) is 0 Å².